The highest BCUT2D eigenvalue weighted by molar-refractivity contribution is 9.09. The fourth-order valence-electron chi connectivity index (χ4n) is 1.03. The van der Waals surface area contributed by atoms with Gasteiger partial charge in [0.15, 0.2) is 0 Å². The Kier molecular flexibility index (Phi) is 10.1. The van der Waals surface area contributed by atoms with E-state index in [2.05, 4.69) is 15.9 Å². The molecule has 0 aromatic carbocycles. The van der Waals surface area contributed by atoms with E-state index >= 15 is 0 Å². The van der Waals surface area contributed by atoms with Crippen molar-refractivity contribution < 1.29 is 17.7 Å². The Balaban J connectivity index is 4.18. The molecule has 0 aliphatic carbocycles. The molecule has 0 bridgehead atoms. The standard InChI is InChI=1S/C9H21BrO4Si/c1-4-11-15(12-5-2,13-6-3)14-9-7-8-10/h4-9H2,1-3H3. The zero-order chi connectivity index (χ0) is 11.6. The van der Waals surface area contributed by atoms with Crippen LogP contribution in [-0.2, 0) is 17.7 Å². The first-order valence-corrected chi connectivity index (χ1v) is 8.11. The van der Waals surface area contributed by atoms with Crippen molar-refractivity contribution in [3.05, 3.63) is 0 Å². The third-order valence-corrected chi connectivity index (χ3v) is 4.57. The van der Waals surface area contributed by atoms with E-state index in [0.29, 0.717) is 26.4 Å². The first kappa shape index (κ1) is 15.5. The molecule has 0 radical (unpaired) electrons. The van der Waals surface area contributed by atoms with Gasteiger partial charge in [-0.05, 0) is 27.2 Å². The van der Waals surface area contributed by atoms with Crippen molar-refractivity contribution in [3.8, 4) is 0 Å². The highest BCUT2D eigenvalue weighted by Crippen LogP contribution is 2.12. The second kappa shape index (κ2) is 9.74. The molecule has 0 amide bonds. The minimum atomic E-state index is -2.85. The van der Waals surface area contributed by atoms with Crippen molar-refractivity contribution in [3.63, 3.8) is 0 Å². The Labute approximate surface area is 102 Å². The number of rotatable bonds is 10. The van der Waals surface area contributed by atoms with E-state index in [1.165, 1.54) is 0 Å². The Bertz CT molecular complexity index is 131. The number of halogens is 1. The topological polar surface area (TPSA) is 36.9 Å². The maximum absolute atomic E-state index is 5.63. The van der Waals surface area contributed by atoms with E-state index in [1.54, 1.807) is 0 Å². The molecule has 0 saturated carbocycles. The van der Waals surface area contributed by atoms with Gasteiger partial charge in [-0.15, -0.1) is 0 Å². The lowest BCUT2D eigenvalue weighted by Gasteiger charge is -2.26. The lowest BCUT2D eigenvalue weighted by Crippen LogP contribution is -2.49. The summed E-state index contributed by atoms with van der Waals surface area (Å²) in [5, 5.41) is 0.905. The van der Waals surface area contributed by atoms with E-state index < -0.39 is 9.05 Å². The van der Waals surface area contributed by atoms with Crippen LogP contribution in [0, 0.1) is 0 Å². The molecule has 0 fully saturated rings. The van der Waals surface area contributed by atoms with Gasteiger partial charge in [-0.2, -0.15) is 0 Å². The Morgan fingerprint density at radius 2 is 1.33 bits per heavy atom. The van der Waals surface area contributed by atoms with Gasteiger partial charge in [0.2, 0.25) is 0 Å². The molecule has 6 heteroatoms. The summed E-state index contributed by atoms with van der Waals surface area (Å²) in [7, 11) is -2.85. The van der Waals surface area contributed by atoms with Gasteiger partial charge in [-0.25, -0.2) is 0 Å². The average molecular weight is 301 g/mol. The highest BCUT2D eigenvalue weighted by Gasteiger charge is 2.44. The first-order valence-electron chi connectivity index (χ1n) is 5.36. The van der Waals surface area contributed by atoms with Gasteiger partial charge in [-0.3, -0.25) is 0 Å². The van der Waals surface area contributed by atoms with Crippen LogP contribution in [0.1, 0.15) is 27.2 Å². The molecular formula is C9H21BrO4Si. The monoisotopic (exact) mass is 300 g/mol. The second-order valence-electron chi connectivity index (χ2n) is 2.69. The van der Waals surface area contributed by atoms with Crippen molar-refractivity contribution in [2.45, 2.75) is 27.2 Å². The van der Waals surface area contributed by atoms with Crippen LogP contribution < -0.4 is 0 Å². The van der Waals surface area contributed by atoms with Gasteiger partial charge in [0, 0.05) is 31.8 Å². The molecule has 0 aliphatic heterocycles. The molecule has 0 aromatic heterocycles. The van der Waals surface area contributed by atoms with Gasteiger partial charge in [0.05, 0.1) is 0 Å². The number of hydrogen-bond acceptors (Lipinski definition) is 4. The van der Waals surface area contributed by atoms with Crippen molar-refractivity contribution in [1.29, 1.82) is 0 Å². The van der Waals surface area contributed by atoms with Crippen LogP contribution in [-0.4, -0.2) is 40.8 Å². The number of alkyl halides is 1. The summed E-state index contributed by atoms with van der Waals surface area (Å²) >= 11 is 3.35. The van der Waals surface area contributed by atoms with Crippen LogP contribution in [0.25, 0.3) is 0 Å². The molecule has 0 aliphatic rings. The summed E-state index contributed by atoms with van der Waals surface area (Å²) in [5.41, 5.74) is 0. The van der Waals surface area contributed by atoms with E-state index in [9.17, 15) is 0 Å². The van der Waals surface area contributed by atoms with Crippen molar-refractivity contribution in [2.24, 2.45) is 0 Å². The quantitative estimate of drug-likeness (QED) is 0.352. The third-order valence-electron chi connectivity index (χ3n) is 1.52. The summed E-state index contributed by atoms with van der Waals surface area (Å²) in [6.07, 6.45) is 0.919. The Morgan fingerprint density at radius 1 is 0.867 bits per heavy atom. The van der Waals surface area contributed by atoms with E-state index in [1.807, 2.05) is 20.8 Å². The highest BCUT2D eigenvalue weighted by atomic mass is 79.9. The van der Waals surface area contributed by atoms with E-state index in [4.69, 9.17) is 17.7 Å². The maximum Gasteiger partial charge on any atom is 0.679 e. The summed E-state index contributed by atoms with van der Waals surface area (Å²) in [4.78, 5) is 0. The summed E-state index contributed by atoms with van der Waals surface area (Å²) < 4.78 is 22.2. The molecule has 0 atom stereocenters. The lowest BCUT2D eigenvalue weighted by atomic mass is 10.5. The van der Waals surface area contributed by atoms with Crippen LogP contribution in [0.15, 0.2) is 0 Å². The average Bonchev–Trinajstić information content (AvgIpc) is 2.19. The molecule has 92 valence electrons. The van der Waals surface area contributed by atoms with E-state index in [0.717, 1.165) is 11.8 Å². The summed E-state index contributed by atoms with van der Waals surface area (Å²) in [6, 6.07) is 0. The molecule has 15 heavy (non-hydrogen) atoms. The zero-order valence-corrected chi connectivity index (χ0v) is 12.3. The molecule has 0 unspecified atom stereocenters. The second-order valence-corrected chi connectivity index (χ2v) is 5.64. The zero-order valence-electron chi connectivity index (χ0n) is 9.75. The first-order chi connectivity index (χ1) is 7.24. The number of hydrogen-bond donors (Lipinski definition) is 0. The SMILES string of the molecule is CCO[Si](OCC)(OCC)OCCCBr. The minimum Gasteiger partial charge on any atom is -0.351 e. The molecule has 0 saturated heterocycles. The fourth-order valence-corrected chi connectivity index (χ4v) is 3.22. The third kappa shape index (κ3) is 6.65. The molecule has 0 aromatic rings. The van der Waals surface area contributed by atoms with Gasteiger partial charge in [-0.1, -0.05) is 15.9 Å². The summed E-state index contributed by atoms with van der Waals surface area (Å²) in [5.74, 6) is 0. The molecule has 0 rings (SSSR count). The van der Waals surface area contributed by atoms with Gasteiger partial charge in [0.25, 0.3) is 0 Å². The van der Waals surface area contributed by atoms with Crippen LogP contribution in [0.5, 0.6) is 0 Å². The molecule has 0 heterocycles. The molecule has 4 nitrogen and oxygen atoms in total. The van der Waals surface area contributed by atoms with Gasteiger partial charge in [0.1, 0.15) is 0 Å². The fraction of sp³-hybridized carbons (Fsp3) is 1.00. The van der Waals surface area contributed by atoms with Crippen molar-refractivity contribution in [1.82, 2.24) is 0 Å². The van der Waals surface area contributed by atoms with Crippen molar-refractivity contribution in [2.75, 3.05) is 31.8 Å². The molecule has 0 spiro atoms. The van der Waals surface area contributed by atoms with Crippen molar-refractivity contribution >= 4 is 25.0 Å². The van der Waals surface area contributed by atoms with Gasteiger partial charge >= 0.3 is 9.05 Å². The minimum absolute atomic E-state index is 0.542. The summed E-state index contributed by atoms with van der Waals surface area (Å²) in [6.45, 7) is 7.95. The van der Waals surface area contributed by atoms with Crippen LogP contribution in [0.2, 0.25) is 0 Å². The van der Waals surface area contributed by atoms with Crippen LogP contribution >= 0.6 is 15.9 Å². The van der Waals surface area contributed by atoms with Crippen LogP contribution in [0.4, 0.5) is 0 Å². The lowest BCUT2D eigenvalue weighted by molar-refractivity contribution is -0.0271. The Hall–Kier alpha value is 0.537. The normalized spacial score (nSPS) is 12.0. The largest absolute Gasteiger partial charge is 0.679 e. The smallest absolute Gasteiger partial charge is 0.351 e. The maximum atomic E-state index is 5.63. The molecule has 0 N–H and O–H groups in total. The predicted molar refractivity (Wildman–Crippen MR) is 65.0 cm³/mol. The van der Waals surface area contributed by atoms with E-state index in [-0.39, 0.29) is 0 Å². The van der Waals surface area contributed by atoms with Crippen LogP contribution in [0.3, 0.4) is 0 Å². The molecular weight excluding hydrogens is 280 g/mol. The predicted octanol–water partition coefficient (Wildman–Crippen LogP) is 2.33. The van der Waals surface area contributed by atoms with Gasteiger partial charge < -0.3 is 17.7 Å². The Morgan fingerprint density at radius 3 is 1.67 bits per heavy atom.